The lowest BCUT2D eigenvalue weighted by Gasteiger charge is -2.12. The molecule has 0 heterocycles. The van der Waals surface area contributed by atoms with Crippen molar-refractivity contribution >= 4 is 18.2 Å². The predicted molar refractivity (Wildman–Crippen MR) is 52.5 cm³/mol. The van der Waals surface area contributed by atoms with Crippen LogP contribution in [-0.2, 0) is 0 Å². The first-order valence-electron chi connectivity index (χ1n) is 3.34. The van der Waals surface area contributed by atoms with Gasteiger partial charge in [0.05, 0.1) is 0 Å². The molecule has 0 saturated heterocycles. The lowest BCUT2D eigenvalue weighted by Crippen LogP contribution is -2.32. The van der Waals surface area contributed by atoms with Gasteiger partial charge in [-0.15, -0.1) is 12.4 Å². The van der Waals surface area contributed by atoms with Crippen LogP contribution < -0.4 is 5.84 Å². The van der Waals surface area contributed by atoms with E-state index >= 15 is 0 Å². The summed E-state index contributed by atoms with van der Waals surface area (Å²) in [5.41, 5.74) is 0.831. The molecule has 1 rings (SSSR count). The van der Waals surface area contributed by atoms with Gasteiger partial charge in [-0.2, -0.15) is 0 Å². The number of hydrazine groups is 1. The van der Waals surface area contributed by atoms with Gasteiger partial charge in [-0.1, -0.05) is 30.3 Å². The van der Waals surface area contributed by atoms with E-state index in [9.17, 15) is 0 Å². The molecule has 0 bridgehead atoms. The zero-order chi connectivity index (χ0) is 8.27. The summed E-state index contributed by atoms with van der Waals surface area (Å²) in [4.78, 5) is 0. The van der Waals surface area contributed by atoms with Crippen molar-refractivity contribution in [3.63, 3.8) is 0 Å². The van der Waals surface area contributed by atoms with Gasteiger partial charge in [-0.3, -0.25) is 10.4 Å². The molecule has 3 nitrogen and oxygen atoms in total. The maximum atomic E-state index is 7.49. The first-order chi connectivity index (χ1) is 5.22. The number of hydrogen-bond donors (Lipinski definition) is 2. The van der Waals surface area contributed by atoms with E-state index < -0.39 is 0 Å². The van der Waals surface area contributed by atoms with Crippen LogP contribution in [0.4, 0.5) is 0 Å². The first kappa shape index (κ1) is 10.9. The Morgan fingerprint density at radius 1 is 1.33 bits per heavy atom. The molecule has 0 atom stereocenters. The Morgan fingerprint density at radius 2 is 1.83 bits per heavy atom. The standard InChI is InChI=1S/C8H11N3.ClH/c1-11(10)8(9)7-5-3-2-4-6-7;/h2-6,9H,10H2,1H3;1H. The number of benzene rings is 1. The van der Waals surface area contributed by atoms with Crippen LogP contribution in [-0.4, -0.2) is 17.9 Å². The number of halogens is 1. The van der Waals surface area contributed by atoms with E-state index in [0.717, 1.165) is 5.56 Å². The molecule has 0 radical (unpaired) electrons. The van der Waals surface area contributed by atoms with Gasteiger partial charge in [0.25, 0.3) is 0 Å². The quantitative estimate of drug-likeness (QED) is 0.299. The molecule has 12 heavy (non-hydrogen) atoms. The Kier molecular flexibility index (Phi) is 4.33. The van der Waals surface area contributed by atoms with E-state index in [-0.39, 0.29) is 12.4 Å². The van der Waals surface area contributed by atoms with Crippen LogP contribution in [0.2, 0.25) is 0 Å². The summed E-state index contributed by atoms with van der Waals surface area (Å²) in [7, 11) is 1.65. The Morgan fingerprint density at radius 3 is 2.25 bits per heavy atom. The Bertz CT molecular complexity index is 246. The molecule has 0 spiro atoms. The maximum absolute atomic E-state index is 7.49. The molecule has 4 heteroatoms. The first-order valence-corrected chi connectivity index (χ1v) is 3.34. The topological polar surface area (TPSA) is 53.1 Å². The minimum absolute atomic E-state index is 0. The van der Waals surface area contributed by atoms with Crippen molar-refractivity contribution in [2.75, 3.05) is 7.05 Å². The third-order valence-electron chi connectivity index (χ3n) is 1.40. The number of hydrogen-bond acceptors (Lipinski definition) is 2. The second-order valence-corrected chi connectivity index (χ2v) is 2.33. The highest BCUT2D eigenvalue weighted by atomic mass is 35.5. The van der Waals surface area contributed by atoms with Gasteiger partial charge in [0.15, 0.2) is 0 Å². The largest absolute Gasteiger partial charge is 0.298 e. The van der Waals surface area contributed by atoms with Crippen molar-refractivity contribution in [1.82, 2.24) is 5.01 Å². The van der Waals surface area contributed by atoms with Crippen LogP contribution in [0.3, 0.4) is 0 Å². The van der Waals surface area contributed by atoms with E-state index in [4.69, 9.17) is 11.3 Å². The summed E-state index contributed by atoms with van der Waals surface area (Å²) in [5.74, 6) is 5.70. The number of nitrogens with zero attached hydrogens (tertiary/aromatic N) is 1. The molecule has 0 aliphatic heterocycles. The zero-order valence-corrected chi connectivity index (χ0v) is 7.64. The molecule has 0 saturated carbocycles. The molecule has 1 aromatic carbocycles. The monoisotopic (exact) mass is 185 g/mol. The summed E-state index contributed by atoms with van der Waals surface area (Å²) < 4.78 is 0. The van der Waals surface area contributed by atoms with E-state index in [1.807, 2.05) is 30.3 Å². The SMILES string of the molecule is CN(N)C(=N)c1ccccc1.Cl. The van der Waals surface area contributed by atoms with Gasteiger partial charge in [-0.25, -0.2) is 5.84 Å². The molecule has 3 N–H and O–H groups in total. The van der Waals surface area contributed by atoms with E-state index in [2.05, 4.69) is 0 Å². The average Bonchev–Trinajstić information content (AvgIpc) is 2.05. The van der Waals surface area contributed by atoms with Crippen molar-refractivity contribution in [3.05, 3.63) is 35.9 Å². The lowest BCUT2D eigenvalue weighted by molar-refractivity contribution is 0.536. The van der Waals surface area contributed by atoms with Crippen LogP contribution in [0.1, 0.15) is 5.56 Å². The number of amidine groups is 1. The van der Waals surface area contributed by atoms with Crippen LogP contribution in [0.25, 0.3) is 0 Å². The molecule has 0 aliphatic carbocycles. The summed E-state index contributed by atoms with van der Waals surface area (Å²) in [6.45, 7) is 0. The van der Waals surface area contributed by atoms with Gasteiger partial charge in [0, 0.05) is 12.6 Å². The highest BCUT2D eigenvalue weighted by Crippen LogP contribution is 1.99. The van der Waals surface area contributed by atoms with Crippen LogP contribution in [0.15, 0.2) is 30.3 Å². The highest BCUT2D eigenvalue weighted by molar-refractivity contribution is 5.95. The minimum atomic E-state index is 0. The number of rotatable bonds is 1. The van der Waals surface area contributed by atoms with Crippen molar-refractivity contribution < 1.29 is 0 Å². The number of nitrogens with one attached hydrogen (secondary N) is 1. The van der Waals surface area contributed by atoms with Gasteiger partial charge in [-0.05, 0) is 0 Å². The molecule has 0 amide bonds. The van der Waals surface area contributed by atoms with Crippen LogP contribution in [0.5, 0.6) is 0 Å². The fourth-order valence-electron chi connectivity index (χ4n) is 0.800. The Balaban J connectivity index is 0.00000121. The third-order valence-corrected chi connectivity index (χ3v) is 1.40. The van der Waals surface area contributed by atoms with Crippen molar-refractivity contribution in [1.29, 1.82) is 5.41 Å². The maximum Gasteiger partial charge on any atom is 0.142 e. The minimum Gasteiger partial charge on any atom is -0.298 e. The summed E-state index contributed by atoms with van der Waals surface area (Å²) in [6.07, 6.45) is 0. The van der Waals surface area contributed by atoms with Gasteiger partial charge >= 0.3 is 0 Å². The summed E-state index contributed by atoms with van der Waals surface area (Å²) >= 11 is 0. The Hall–Kier alpha value is -1.06. The molecule has 0 aromatic heterocycles. The molecular weight excluding hydrogens is 174 g/mol. The van der Waals surface area contributed by atoms with E-state index in [1.54, 1.807) is 7.05 Å². The van der Waals surface area contributed by atoms with Crippen molar-refractivity contribution in [2.24, 2.45) is 5.84 Å². The van der Waals surface area contributed by atoms with Crippen LogP contribution in [0, 0.1) is 5.41 Å². The predicted octanol–water partition coefficient (Wildman–Crippen LogP) is 1.24. The van der Waals surface area contributed by atoms with Crippen molar-refractivity contribution in [3.8, 4) is 0 Å². The van der Waals surface area contributed by atoms with Gasteiger partial charge in [0.1, 0.15) is 5.84 Å². The third kappa shape index (κ3) is 2.53. The second kappa shape index (κ2) is 4.74. The highest BCUT2D eigenvalue weighted by Gasteiger charge is 2.00. The van der Waals surface area contributed by atoms with Gasteiger partial charge in [0.2, 0.25) is 0 Å². The van der Waals surface area contributed by atoms with Crippen molar-refractivity contribution in [2.45, 2.75) is 0 Å². The normalized spacial score (nSPS) is 8.50. The molecule has 1 aromatic rings. The molecule has 0 aliphatic rings. The summed E-state index contributed by atoms with van der Waals surface area (Å²) in [6, 6.07) is 9.38. The lowest BCUT2D eigenvalue weighted by atomic mass is 10.2. The number of nitrogens with two attached hydrogens (primary N) is 1. The van der Waals surface area contributed by atoms with E-state index in [1.165, 1.54) is 5.01 Å². The smallest absolute Gasteiger partial charge is 0.142 e. The van der Waals surface area contributed by atoms with Gasteiger partial charge < -0.3 is 0 Å². The Labute approximate surface area is 78.1 Å². The summed E-state index contributed by atoms with van der Waals surface area (Å²) in [5, 5.41) is 8.77. The molecule has 0 unspecified atom stereocenters. The van der Waals surface area contributed by atoms with Crippen LogP contribution >= 0.6 is 12.4 Å². The zero-order valence-electron chi connectivity index (χ0n) is 6.82. The molecule has 66 valence electrons. The molecular formula is C8H12ClN3. The fraction of sp³-hybridized carbons (Fsp3) is 0.125. The fourth-order valence-corrected chi connectivity index (χ4v) is 0.800. The average molecular weight is 186 g/mol. The molecule has 0 fully saturated rings. The second-order valence-electron chi connectivity index (χ2n) is 2.33. The van der Waals surface area contributed by atoms with E-state index in [0.29, 0.717) is 5.84 Å².